The maximum atomic E-state index is 13.0. The van der Waals surface area contributed by atoms with Crippen LogP contribution >= 0.6 is 11.6 Å². The highest BCUT2D eigenvalue weighted by molar-refractivity contribution is 6.39. The number of aliphatic hydroxyl groups excluding tert-OH is 1. The molecule has 1 aromatic heterocycles. The summed E-state index contributed by atoms with van der Waals surface area (Å²) < 4.78 is 56.4. The Morgan fingerprint density at radius 3 is 2.10 bits per heavy atom. The van der Waals surface area contributed by atoms with Gasteiger partial charge in [-0.05, 0) is 79.1 Å². The van der Waals surface area contributed by atoms with Crippen molar-refractivity contribution in [2.75, 3.05) is 35.6 Å². The van der Waals surface area contributed by atoms with Gasteiger partial charge >= 0.3 is 24.0 Å². The lowest BCUT2D eigenvalue weighted by Crippen LogP contribution is -2.43. The van der Waals surface area contributed by atoms with E-state index in [0.717, 1.165) is 17.7 Å². The average Bonchev–Trinajstić information content (AvgIpc) is 3.86. The number of carbonyl (C=O) groups excluding carboxylic acids is 3. The summed E-state index contributed by atoms with van der Waals surface area (Å²) in [7, 11) is 0. The molecule has 1 saturated carbocycles. The number of alkyl halides is 3. The molecule has 1 fully saturated rings. The first-order valence-electron chi connectivity index (χ1n) is 14.9. The topological polar surface area (TPSA) is 179 Å². The Balaban J connectivity index is 1.15. The summed E-state index contributed by atoms with van der Waals surface area (Å²) in [5, 5.41) is 23.8. The molecule has 0 spiro atoms. The van der Waals surface area contributed by atoms with Gasteiger partial charge in [0.15, 0.2) is 6.61 Å². The van der Waals surface area contributed by atoms with E-state index in [-0.39, 0.29) is 36.2 Å². The molecule has 50 heavy (non-hydrogen) atoms. The van der Waals surface area contributed by atoms with Crippen molar-refractivity contribution in [3.05, 3.63) is 94.8 Å². The van der Waals surface area contributed by atoms with Gasteiger partial charge in [0.25, 0.3) is 5.91 Å². The monoisotopic (exact) mass is 716 g/mol. The van der Waals surface area contributed by atoms with Crippen LogP contribution in [0.2, 0.25) is 5.02 Å². The van der Waals surface area contributed by atoms with Gasteiger partial charge in [0.1, 0.15) is 5.82 Å². The largest absolute Gasteiger partial charge is 0.454 e. The Morgan fingerprint density at radius 1 is 0.840 bits per heavy atom. The molecule has 1 unspecified atom stereocenters. The molecule has 6 N–H and O–H groups in total. The van der Waals surface area contributed by atoms with E-state index in [4.69, 9.17) is 16.3 Å². The minimum atomic E-state index is -4.63. The Labute approximate surface area is 286 Å². The van der Waals surface area contributed by atoms with Gasteiger partial charge in [-0.2, -0.15) is 28.1 Å². The Kier molecular flexibility index (Phi) is 11.0. The predicted octanol–water partition coefficient (Wildman–Crippen LogP) is 4.30. The van der Waals surface area contributed by atoms with Crippen LogP contribution in [0.4, 0.5) is 40.8 Å². The third kappa shape index (κ3) is 10.2. The van der Waals surface area contributed by atoms with Crippen LogP contribution < -0.4 is 31.3 Å². The van der Waals surface area contributed by atoms with Gasteiger partial charge in [-0.3, -0.25) is 14.4 Å². The Bertz CT molecular complexity index is 1830. The summed E-state index contributed by atoms with van der Waals surface area (Å²) in [6, 6.07) is 17.2. The van der Waals surface area contributed by atoms with E-state index >= 15 is 0 Å². The number of benzene rings is 3. The third-order valence-electron chi connectivity index (χ3n) is 7.19. The van der Waals surface area contributed by atoms with E-state index in [1.807, 2.05) is 12.1 Å². The van der Waals surface area contributed by atoms with Crippen molar-refractivity contribution in [1.29, 1.82) is 0 Å². The van der Waals surface area contributed by atoms with Crippen LogP contribution in [0.5, 0.6) is 6.01 Å². The van der Waals surface area contributed by atoms with Crippen LogP contribution in [0.15, 0.2) is 72.8 Å². The van der Waals surface area contributed by atoms with Gasteiger partial charge < -0.3 is 36.4 Å². The molecular formula is C32H29ClF4N8O5. The van der Waals surface area contributed by atoms with E-state index in [0.29, 0.717) is 23.6 Å². The lowest BCUT2D eigenvalue weighted by atomic mass is 10.1. The molecule has 1 heterocycles. The van der Waals surface area contributed by atoms with Crippen molar-refractivity contribution < 1.29 is 41.8 Å². The molecule has 0 radical (unpaired) electrons. The van der Waals surface area contributed by atoms with Gasteiger partial charge in [0, 0.05) is 35.1 Å². The zero-order valence-electron chi connectivity index (χ0n) is 25.9. The fraction of sp³-hybridized carbons (Fsp3) is 0.250. The summed E-state index contributed by atoms with van der Waals surface area (Å²) >= 11 is 6.01. The highest BCUT2D eigenvalue weighted by Gasteiger charge is 2.45. The number of ether oxygens (including phenoxy) is 1. The predicted molar refractivity (Wildman–Crippen MR) is 173 cm³/mol. The van der Waals surface area contributed by atoms with E-state index in [9.17, 15) is 37.1 Å². The number of hydrogen-bond acceptors (Lipinski definition) is 10. The first-order chi connectivity index (χ1) is 23.8. The summed E-state index contributed by atoms with van der Waals surface area (Å²) in [4.78, 5) is 48.9. The van der Waals surface area contributed by atoms with Crippen molar-refractivity contribution >= 4 is 52.6 Å². The number of aromatic nitrogens is 3. The highest BCUT2D eigenvalue weighted by atomic mass is 35.5. The minimum Gasteiger partial charge on any atom is -0.454 e. The van der Waals surface area contributed by atoms with E-state index in [1.54, 1.807) is 12.1 Å². The number of carbonyl (C=O) groups is 3. The number of hydrogen-bond donors (Lipinski definition) is 6. The molecule has 0 saturated heterocycles. The number of aliphatic hydroxyl groups is 1. The summed E-state index contributed by atoms with van der Waals surface area (Å²) in [5.41, 5.74) is 1.12. The van der Waals surface area contributed by atoms with E-state index in [1.165, 1.54) is 36.4 Å². The van der Waals surface area contributed by atoms with E-state index in [2.05, 4.69) is 41.5 Å². The van der Waals surface area contributed by atoms with Gasteiger partial charge in [-0.25, -0.2) is 4.39 Å². The molecule has 0 bridgehead atoms. The van der Waals surface area contributed by atoms with Gasteiger partial charge in [-0.15, -0.1) is 0 Å². The van der Waals surface area contributed by atoms with Crippen LogP contribution in [-0.4, -0.2) is 69.8 Å². The van der Waals surface area contributed by atoms with Crippen LogP contribution in [0.25, 0.3) is 0 Å². The molecule has 262 valence electrons. The first-order valence-corrected chi connectivity index (χ1v) is 15.3. The second kappa shape index (κ2) is 15.3. The Hall–Kier alpha value is -5.55. The number of amides is 3. The standard InChI is InChI=1S/C32H29ClF4N8O5/c33-20-5-3-19(4-6-20)31(13-14-31)45-29-42-28(43-30(44-29)50-17-32(35,36)37)41-23-9-1-18(2-10-23)25(47)38-15-24(46)16-39-26(48)27(49)40-22-11-7-21(34)8-12-22/h1-12,24,46H,13-17H2,(H,38,47)(H,39,48)(H,40,49)(H2,41,42,43,44,45). The number of rotatable bonds is 13. The number of nitrogens with zero attached hydrogens (tertiary/aromatic N) is 3. The summed E-state index contributed by atoms with van der Waals surface area (Å²) in [6.07, 6.45) is -4.44. The molecule has 0 aliphatic heterocycles. The lowest BCUT2D eigenvalue weighted by molar-refractivity contribution is -0.154. The van der Waals surface area contributed by atoms with Crippen molar-refractivity contribution in [1.82, 2.24) is 25.6 Å². The smallest absolute Gasteiger partial charge is 0.422 e. The second-order valence-electron chi connectivity index (χ2n) is 11.1. The van der Waals surface area contributed by atoms with Crippen LogP contribution in [0, 0.1) is 5.82 Å². The number of halogens is 5. The summed E-state index contributed by atoms with van der Waals surface area (Å²) in [6.45, 7) is -2.23. The molecule has 4 aromatic rings. The maximum absolute atomic E-state index is 13.0. The highest BCUT2D eigenvalue weighted by Crippen LogP contribution is 2.48. The van der Waals surface area contributed by atoms with Crippen molar-refractivity contribution in [3.63, 3.8) is 0 Å². The molecule has 18 heteroatoms. The summed E-state index contributed by atoms with van der Waals surface area (Å²) in [5.74, 6) is -3.30. The quantitative estimate of drug-likeness (QED) is 0.0864. The molecule has 1 aliphatic carbocycles. The van der Waals surface area contributed by atoms with Crippen LogP contribution in [-0.2, 0) is 15.1 Å². The molecule has 3 amide bonds. The maximum Gasteiger partial charge on any atom is 0.422 e. The zero-order valence-corrected chi connectivity index (χ0v) is 26.6. The molecule has 3 aromatic carbocycles. The van der Waals surface area contributed by atoms with Crippen molar-refractivity contribution in [2.45, 2.75) is 30.7 Å². The second-order valence-corrected chi connectivity index (χ2v) is 11.6. The number of nitrogens with one attached hydrogen (secondary N) is 5. The van der Waals surface area contributed by atoms with Gasteiger partial charge in [0.05, 0.1) is 11.6 Å². The van der Waals surface area contributed by atoms with Gasteiger partial charge in [0.2, 0.25) is 11.9 Å². The minimum absolute atomic E-state index is 0.0219. The molecule has 5 rings (SSSR count). The first kappa shape index (κ1) is 35.7. The van der Waals surface area contributed by atoms with Crippen LogP contribution in [0.1, 0.15) is 28.8 Å². The SMILES string of the molecule is O=C(NCC(O)CNC(=O)c1ccc(Nc2nc(NC3(c4ccc(Cl)cc4)CC3)nc(OCC(F)(F)F)n2)cc1)C(=O)Nc1ccc(F)cc1. The molecular weight excluding hydrogens is 688 g/mol. The zero-order chi connectivity index (χ0) is 35.9. The van der Waals surface area contributed by atoms with Crippen molar-refractivity contribution in [3.8, 4) is 6.01 Å². The fourth-order valence-corrected chi connectivity index (χ4v) is 4.63. The van der Waals surface area contributed by atoms with E-state index < -0.39 is 54.0 Å². The van der Waals surface area contributed by atoms with Crippen molar-refractivity contribution in [2.24, 2.45) is 0 Å². The average molecular weight is 717 g/mol. The Morgan fingerprint density at radius 2 is 1.46 bits per heavy atom. The molecule has 13 nitrogen and oxygen atoms in total. The van der Waals surface area contributed by atoms with Crippen LogP contribution in [0.3, 0.4) is 0 Å². The number of anilines is 4. The molecule has 1 atom stereocenters. The lowest BCUT2D eigenvalue weighted by Gasteiger charge is -2.19. The normalized spacial score (nSPS) is 13.8. The fourth-order valence-electron chi connectivity index (χ4n) is 4.50. The van der Waals surface area contributed by atoms with Gasteiger partial charge in [-0.1, -0.05) is 23.7 Å². The molecule has 1 aliphatic rings. The third-order valence-corrected chi connectivity index (χ3v) is 7.44.